The Bertz CT molecular complexity index is 1130. The highest BCUT2D eigenvalue weighted by atomic mass is 16.5. The maximum absolute atomic E-state index is 12.3. The zero-order chi connectivity index (χ0) is 25.1. The minimum absolute atomic E-state index is 0.00470. The van der Waals surface area contributed by atoms with Gasteiger partial charge in [-0.3, -0.25) is 9.69 Å². The van der Waals surface area contributed by atoms with Crippen LogP contribution in [0, 0.1) is 11.8 Å². The number of methoxy groups -OCH3 is 2. The third-order valence-electron chi connectivity index (χ3n) is 7.94. The molecule has 0 radical (unpaired) electrons. The summed E-state index contributed by atoms with van der Waals surface area (Å²) in [5.41, 5.74) is 3.49. The number of nitrogens with one attached hydrogen (secondary N) is 1. The van der Waals surface area contributed by atoms with E-state index in [-0.39, 0.29) is 29.8 Å². The summed E-state index contributed by atoms with van der Waals surface area (Å²) in [6, 6.07) is 27.1. The van der Waals surface area contributed by atoms with E-state index in [9.17, 15) is 9.90 Å². The third-order valence-corrected chi connectivity index (χ3v) is 7.94. The molecule has 3 aliphatic heterocycles. The first-order chi connectivity index (χ1) is 17.6. The molecule has 5 atom stereocenters. The second kappa shape index (κ2) is 10.7. The van der Waals surface area contributed by atoms with Crippen LogP contribution in [0.2, 0.25) is 0 Å². The van der Waals surface area contributed by atoms with Gasteiger partial charge in [0.25, 0.3) is 0 Å². The van der Waals surface area contributed by atoms with Crippen molar-refractivity contribution in [2.24, 2.45) is 11.8 Å². The van der Waals surface area contributed by atoms with Gasteiger partial charge in [0, 0.05) is 36.7 Å². The number of hydrogen-bond acceptors (Lipinski definition) is 5. The molecule has 3 aromatic carbocycles. The van der Waals surface area contributed by atoms with Gasteiger partial charge in [0.1, 0.15) is 11.5 Å². The number of hydrogen-bond donors (Lipinski definition) is 2. The summed E-state index contributed by atoms with van der Waals surface area (Å²) in [6.45, 7) is 2.06. The fourth-order valence-corrected chi connectivity index (χ4v) is 6.28. The van der Waals surface area contributed by atoms with Crippen molar-refractivity contribution in [2.75, 3.05) is 27.3 Å². The Hall–Kier alpha value is -3.35. The molecule has 0 aliphatic carbocycles. The quantitative estimate of drug-likeness (QED) is 0.467. The van der Waals surface area contributed by atoms with Gasteiger partial charge in [-0.05, 0) is 48.2 Å². The number of fused-ring (bicyclic) bond motifs is 3. The van der Waals surface area contributed by atoms with E-state index in [1.807, 2.05) is 30.3 Å². The van der Waals surface area contributed by atoms with Crippen LogP contribution in [0.15, 0.2) is 78.9 Å². The van der Waals surface area contributed by atoms with Gasteiger partial charge in [0.15, 0.2) is 0 Å². The molecule has 3 aliphatic rings. The molecule has 0 spiro atoms. The van der Waals surface area contributed by atoms with Crippen molar-refractivity contribution in [3.8, 4) is 11.5 Å². The SMILES string of the molecule is COc1ccc(OC)c(CN[C@@H]2[C@@H]3CCN(C[C@H]3C(=O)O)[C@@H]2C(c2ccccc2)c2ccccc2)c1. The Kier molecular flexibility index (Phi) is 7.25. The van der Waals surface area contributed by atoms with E-state index < -0.39 is 5.97 Å². The molecule has 3 fully saturated rings. The standard InChI is InChI=1S/C30H34N2O4/c1-35-23-13-14-26(36-2)22(17-23)18-31-28-24-15-16-32(19-25(24)30(33)34)29(28)27(20-9-5-3-6-10-20)21-11-7-4-8-12-21/h3-14,17,24-25,27-29,31H,15-16,18-19H2,1-2H3,(H,33,34)/t24-,25-,28-,29-/m1/s1. The molecule has 2 N–H and O–H groups in total. The maximum atomic E-state index is 12.3. The van der Waals surface area contributed by atoms with Crippen LogP contribution in [0.5, 0.6) is 11.5 Å². The van der Waals surface area contributed by atoms with Crippen LogP contribution in [0.4, 0.5) is 0 Å². The van der Waals surface area contributed by atoms with E-state index in [0.29, 0.717) is 13.1 Å². The summed E-state index contributed by atoms with van der Waals surface area (Å²) in [5, 5.41) is 13.9. The lowest BCUT2D eigenvalue weighted by molar-refractivity contribution is -0.152. The second-order valence-corrected chi connectivity index (χ2v) is 9.77. The van der Waals surface area contributed by atoms with Crippen LogP contribution >= 0.6 is 0 Å². The molecule has 36 heavy (non-hydrogen) atoms. The molecular weight excluding hydrogens is 452 g/mol. The van der Waals surface area contributed by atoms with Crippen LogP contribution in [0.25, 0.3) is 0 Å². The van der Waals surface area contributed by atoms with Crippen LogP contribution in [0.1, 0.15) is 29.0 Å². The van der Waals surface area contributed by atoms with Gasteiger partial charge in [-0.15, -0.1) is 0 Å². The number of carbonyl (C=O) groups is 1. The van der Waals surface area contributed by atoms with Crippen molar-refractivity contribution in [1.29, 1.82) is 0 Å². The van der Waals surface area contributed by atoms with Crippen molar-refractivity contribution in [3.63, 3.8) is 0 Å². The summed E-state index contributed by atoms with van der Waals surface area (Å²) in [5.74, 6) is 0.641. The first-order valence-corrected chi connectivity index (χ1v) is 12.6. The Morgan fingerprint density at radius 2 is 1.67 bits per heavy atom. The van der Waals surface area contributed by atoms with E-state index >= 15 is 0 Å². The fraction of sp³-hybridized carbons (Fsp3) is 0.367. The molecular formula is C30H34N2O4. The number of carboxylic acids is 1. The average molecular weight is 487 g/mol. The van der Waals surface area contributed by atoms with Crippen molar-refractivity contribution in [3.05, 3.63) is 95.6 Å². The Balaban J connectivity index is 1.54. The van der Waals surface area contributed by atoms with E-state index in [1.54, 1.807) is 14.2 Å². The minimum Gasteiger partial charge on any atom is -0.497 e. The summed E-state index contributed by atoms with van der Waals surface area (Å²) in [4.78, 5) is 14.7. The summed E-state index contributed by atoms with van der Waals surface area (Å²) in [6.07, 6.45) is 0.872. The highest BCUT2D eigenvalue weighted by molar-refractivity contribution is 5.71. The Morgan fingerprint density at radius 1 is 1.00 bits per heavy atom. The topological polar surface area (TPSA) is 71.0 Å². The number of carboxylic acid groups (broad SMARTS) is 1. The van der Waals surface area contributed by atoms with Crippen molar-refractivity contribution >= 4 is 5.97 Å². The smallest absolute Gasteiger partial charge is 0.308 e. The van der Waals surface area contributed by atoms with Gasteiger partial charge in [-0.25, -0.2) is 0 Å². The van der Waals surface area contributed by atoms with Gasteiger partial charge in [-0.1, -0.05) is 60.7 Å². The first kappa shape index (κ1) is 24.3. The summed E-state index contributed by atoms with van der Waals surface area (Å²) < 4.78 is 11.1. The number of nitrogens with zero attached hydrogens (tertiary/aromatic N) is 1. The molecule has 3 heterocycles. The van der Waals surface area contributed by atoms with Crippen LogP contribution in [0.3, 0.4) is 0 Å². The molecule has 188 valence electrons. The van der Waals surface area contributed by atoms with Gasteiger partial charge < -0.3 is 19.9 Å². The van der Waals surface area contributed by atoms with Gasteiger partial charge in [-0.2, -0.15) is 0 Å². The van der Waals surface area contributed by atoms with Gasteiger partial charge >= 0.3 is 5.97 Å². The number of aliphatic carboxylic acids is 1. The lowest BCUT2D eigenvalue weighted by Crippen LogP contribution is -2.68. The largest absolute Gasteiger partial charge is 0.497 e. The lowest BCUT2D eigenvalue weighted by atomic mass is 9.66. The van der Waals surface area contributed by atoms with Crippen LogP contribution in [-0.2, 0) is 11.3 Å². The van der Waals surface area contributed by atoms with E-state index in [0.717, 1.165) is 30.0 Å². The maximum Gasteiger partial charge on any atom is 0.308 e. The highest BCUT2D eigenvalue weighted by Gasteiger charge is 2.52. The normalized spacial score (nSPS) is 25.0. The molecule has 0 saturated carbocycles. The van der Waals surface area contributed by atoms with Crippen molar-refractivity contribution < 1.29 is 19.4 Å². The van der Waals surface area contributed by atoms with Crippen LogP contribution in [-0.4, -0.2) is 55.4 Å². The molecule has 3 aromatic rings. The zero-order valence-electron chi connectivity index (χ0n) is 20.8. The average Bonchev–Trinajstić information content (AvgIpc) is 2.93. The summed E-state index contributed by atoms with van der Waals surface area (Å²) >= 11 is 0. The van der Waals surface area contributed by atoms with E-state index in [1.165, 1.54) is 11.1 Å². The minimum atomic E-state index is -0.704. The number of benzene rings is 3. The fourth-order valence-electron chi connectivity index (χ4n) is 6.28. The van der Waals surface area contributed by atoms with Crippen LogP contribution < -0.4 is 14.8 Å². The van der Waals surface area contributed by atoms with Gasteiger partial charge in [0.05, 0.1) is 20.1 Å². The first-order valence-electron chi connectivity index (χ1n) is 12.6. The third kappa shape index (κ3) is 4.71. The number of rotatable bonds is 9. The zero-order valence-corrected chi connectivity index (χ0v) is 20.8. The molecule has 6 rings (SSSR count). The van der Waals surface area contributed by atoms with E-state index in [2.05, 4.69) is 58.7 Å². The highest BCUT2D eigenvalue weighted by Crippen LogP contribution is 2.44. The Morgan fingerprint density at radius 3 is 2.25 bits per heavy atom. The molecule has 0 amide bonds. The molecule has 6 nitrogen and oxygen atoms in total. The number of ether oxygens (including phenoxy) is 2. The van der Waals surface area contributed by atoms with Crippen molar-refractivity contribution in [1.82, 2.24) is 10.2 Å². The van der Waals surface area contributed by atoms with Gasteiger partial charge in [0.2, 0.25) is 0 Å². The Labute approximate surface area is 212 Å². The molecule has 6 heteroatoms. The molecule has 1 unspecified atom stereocenters. The predicted octanol–water partition coefficient (Wildman–Crippen LogP) is 4.40. The second-order valence-electron chi connectivity index (χ2n) is 9.77. The lowest BCUT2D eigenvalue weighted by Gasteiger charge is -2.56. The molecule has 3 saturated heterocycles. The number of piperidine rings is 3. The van der Waals surface area contributed by atoms with Crippen molar-refractivity contribution in [2.45, 2.75) is 31.0 Å². The monoisotopic (exact) mass is 486 g/mol. The summed E-state index contributed by atoms with van der Waals surface area (Å²) in [7, 11) is 3.33. The van der Waals surface area contributed by atoms with E-state index in [4.69, 9.17) is 9.47 Å². The molecule has 2 bridgehead atoms. The molecule has 0 aromatic heterocycles. The predicted molar refractivity (Wildman–Crippen MR) is 139 cm³/mol.